The van der Waals surface area contributed by atoms with Crippen molar-refractivity contribution in [2.75, 3.05) is 12.4 Å². The molecule has 6 nitrogen and oxygen atoms in total. The number of imidazole rings is 1. The molecule has 156 valence electrons. The van der Waals surface area contributed by atoms with Crippen LogP contribution in [-0.2, 0) is 6.54 Å². The minimum absolute atomic E-state index is 0.153. The number of benzene rings is 3. The molecule has 0 saturated carbocycles. The highest BCUT2D eigenvalue weighted by Crippen LogP contribution is 2.20. The van der Waals surface area contributed by atoms with Gasteiger partial charge >= 0.3 is 0 Å². The largest absolute Gasteiger partial charge is 0.340 e. The fraction of sp³-hybridized carbons (Fsp3) is 0.0870. The van der Waals surface area contributed by atoms with Crippen molar-refractivity contribution in [1.29, 1.82) is 0 Å². The van der Waals surface area contributed by atoms with Crippen molar-refractivity contribution in [3.63, 3.8) is 0 Å². The molecule has 0 atom stereocenters. The standard InChI is InChI=1S/C23H18Cl2N4O2/c1-29(13-21-27-19-4-2-3-5-20(19)28-21)23(31)14-6-8-18(9-7-14)26-22(30)15-10-16(24)12-17(25)11-15/h2-12H,13H2,1H3,(H,26,30)(H,27,28). The molecule has 1 aromatic heterocycles. The van der Waals surface area contributed by atoms with Crippen LogP contribution in [0.25, 0.3) is 11.0 Å². The third-order valence-corrected chi connectivity index (χ3v) is 5.12. The lowest BCUT2D eigenvalue weighted by Gasteiger charge is -2.16. The minimum atomic E-state index is -0.342. The molecule has 0 fully saturated rings. The number of carbonyl (C=O) groups excluding carboxylic acids is 2. The van der Waals surface area contributed by atoms with Crippen molar-refractivity contribution < 1.29 is 9.59 Å². The number of anilines is 1. The number of carbonyl (C=O) groups is 2. The third-order valence-electron chi connectivity index (χ3n) is 4.69. The molecule has 31 heavy (non-hydrogen) atoms. The first kappa shape index (κ1) is 20.9. The van der Waals surface area contributed by atoms with Gasteiger partial charge in [-0.15, -0.1) is 0 Å². The first-order valence-corrected chi connectivity index (χ1v) is 10.2. The molecule has 4 rings (SSSR count). The molecule has 3 aromatic carbocycles. The molecular formula is C23H18Cl2N4O2. The fourth-order valence-electron chi connectivity index (χ4n) is 3.18. The fourth-order valence-corrected chi connectivity index (χ4v) is 3.71. The van der Waals surface area contributed by atoms with Gasteiger partial charge in [-0.1, -0.05) is 35.3 Å². The molecule has 0 radical (unpaired) electrons. The number of aromatic nitrogens is 2. The van der Waals surface area contributed by atoms with E-state index in [0.717, 1.165) is 11.0 Å². The average molecular weight is 453 g/mol. The number of amides is 2. The van der Waals surface area contributed by atoms with E-state index in [0.29, 0.717) is 39.2 Å². The van der Waals surface area contributed by atoms with E-state index >= 15 is 0 Å². The first-order valence-electron chi connectivity index (χ1n) is 9.45. The summed E-state index contributed by atoms with van der Waals surface area (Å²) in [6.45, 7) is 0.349. The summed E-state index contributed by atoms with van der Waals surface area (Å²) in [6, 6.07) is 19.0. The van der Waals surface area contributed by atoms with Crippen molar-refractivity contribution in [2.24, 2.45) is 0 Å². The number of halogens is 2. The molecule has 0 bridgehead atoms. The van der Waals surface area contributed by atoms with Crippen molar-refractivity contribution in [1.82, 2.24) is 14.9 Å². The molecule has 4 aromatic rings. The zero-order valence-corrected chi connectivity index (χ0v) is 18.0. The second-order valence-corrected chi connectivity index (χ2v) is 7.92. The van der Waals surface area contributed by atoms with Gasteiger partial charge in [0.15, 0.2) is 0 Å². The van der Waals surface area contributed by atoms with Crippen molar-refractivity contribution >= 4 is 51.7 Å². The lowest BCUT2D eigenvalue weighted by atomic mass is 10.1. The van der Waals surface area contributed by atoms with Gasteiger partial charge in [0.05, 0.1) is 17.6 Å². The minimum Gasteiger partial charge on any atom is -0.340 e. The second kappa shape index (κ2) is 8.79. The summed E-state index contributed by atoms with van der Waals surface area (Å²) >= 11 is 11.9. The lowest BCUT2D eigenvalue weighted by molar-refractivity contribution is 0.0782. The number of nitrogens with zero attached hydrogens (tertiary/aromatic N) is 2. The van der Waals surface area contributed by atoms with Crippen LogP contribution in [0.4, 0.5) is 5.69 Å². The average Bonchev–Trinajstić information content (AvgIpc) is 3.15. The normalized spacial score (nSPS) is 10.8. The summed E-state index contributed by atoms with van der Waals surface area (Å²) in [4.78, 5) is 34.5. The molecule has 2 N–H and O–H groups in total. The predicted octanol–water partition coefficient (Wildman–Crippen LogP) is 5.39. The monoisotopic (exact) mass is 452 g/mol. The number of H-pyrrole nitrogens is 1. The van der Waals surface area contributed by atoms with Gasteiger partial charge in [-0.05, 0) is 54.6 Å². The van der Waals surface area contributed by atoms with E-state index in [1.54, 1.807) is 42.3 Å². The maximum Gasteiger partial charge on any atom is 0.255 e. The molecule has 0 unspecified atom stereocenters. The molecule has 0 aliphatic carbocycles. The third kappa shape index (κ3) is 4.87. The van der Waals surface area contributed by atoms with Crippen LogP contribution in [-0.4, -0.2) is 33.7 Å². The smallest absolute Gasteiger partial charge is 0.255 e. The van der Waals surface area contributed by atoms with Crippen LogP contribution in [0, 0.1) is 0 Å². The Balaban J connectivity index is 1.41. The number of hydrogen-bond donors (Lipinski definition) is 2. The summed E-state index contributed by atoms with van der Waals surface area (Å²) in [5.41, 5.74) is 3.20. The summed E-state index contributed by atoms with van der Waals surface area (Å²) < 4.78 is 0. The molecule has 2 amide bonds. The predicted molar refractivity (Wildman–Crippen MR) is 123 cm³/mol. The summed E-state index contributed by atoms with van der Waals surface area (Å²) in [6.07, 6.45) is 0. The summed E-state index contributed by atoms with van der Waals surface area (Å²) in [7, 11) is 1.72. The highest BCUT2D eigenvalue weighted by atomic mass is 35.5. The number of para-hydroxylation sites is 2. The number of fused-ring (bicyclic) bond motifs is 1. The number of aromatic amines is 1. The lowest BCUT2D eigenvalue weighted by Crippen LogP contribution is -2.26. The second-order valence-electron chi connectivity index (χ2n) is 7.05. The molecule has 1 heterocycles. The van der Waals surface area contributed by atoms with Gasteiger partial charge in [0, 0.05) is 33.9 Å². The van der Waals surface area contributed by atoms with E-state index in [9.17, 15) is 9.59 Å². The van der Waals surface area contributed by atoms with E-state index in [2.05, 4.69) is 15.3 Å². The van der Waals surface area contributed by atoms with Crippen LogP contribution in [0.1, 0.15) is 26.5 Å². The number of rotatable bonds is 5. The molecule has 0 saturated heterocycles. The highest BCUT2D eigenvalue weighted by molar-refractivity contribution is 6.35. The van der Waals surface area contributed by atoms with Gasteiger partial charge in [0.1, 0.15) is 5.82 Å². The summed E-state index contributed by atoms with van der Waals surface area (Å²) in [5.74, 6) is 0.214. The number of nitrogens with one attached hydrogen (secondary N) is 2. The van der Waals surface area contributed by atoms with Crippen LogP contribution in [0.3, 0.4) is 0 Å². The Bertz CT molecular complexity index is 1220. The maximum absolute atomic E-state index is 12.8. The Labute approximate surface area is 188 Å². The molecular weight excluding hydrogens is 435 g/mol. The van der Waals surface area contributed by atoms with Gasteiger partial charge in [0.25, 0.3) is 11.8 Å². The van der Waals surface area contributed by atoms with Crippen LogP contribution in [0.15, 0.2) is 66.7 Å². The van der Waals surface area contributed by atoms with E-state index in [4.69, 9.17) is 23.2 Å². The van der Waals surface area contributed by atoms with Crippen LogP contribution < -0.4 is 5.32 Å². The number of hydrogen-bond acceptors (Lipinski definition) is 3. The highest BCUT2D eigenvalue weighted by Gasteiger charge is 2.15. The van der Waals surface area contributed by atoms with Gasteiger partial charge in [-0.2, -0.15) is 0 Å². The first-order chi connectivity index (χ1) is 14.9. The van der Waals surface area contributed by atoms with E-state index in [1.165, 1.54) is 12.1 Å². The summed E-state index contributed by atoms with van der Waals surface area (Å²) in [5, 5.41) is 3.53. The Morgan fingerprint density at radius 3 is 2.32 bits per heavy atom. The van der Waals surface area contributed by atoms with Crippen molar-refractivity contribution in [3.8, 4) is 0 Å². The van der Waals surface area contributed by atoms with Crippen LogP contribution in [0.2, 0.25) is 10.0 Å². The Kier molecular flexibility index (Phi) is 5.93. The van der Waals surface area contributed by atoms with Crippen LogP contribution in [0.5, 0.6) is 0 Å². The topological polar surface area (TPSA) is 78.1 Å². The van der Waals surface area contributed by atoms with Crippen molar-refractivity contribution in [3.05, 3.63) is 93.7 Å². The Morgan fingerprint density at radius 1 is 0.968 bits per heavy atom. The van der Waals surface area contributed by atoms with Gasteiger partial charge in [0.2, 0.25) is 0 Å². The van der Waals surface area contributed by atoms with Gasteiger partial charge in [-0.3, -0.25) is 9.59 Å². The van der Waals surface area contributed by atoms with Gasteiger partial charge in [-0.25, -0.2) is 4.98 Å². The quantitative estimate of drug-likeness (QED) is 0.425. The Morgan fingerprint density at radius 2 is 1.65 bits per heavy atom. The van der Waals surface area contributed by atoms with E-state index in [-0.39, 0.29) is 11.8 Å². The van der Waals surface area contributed by atoms with Gasteiger partial charge < -0.3 is 15.2 Å². The SMILES string of the molecule is CN(Cc1nc2ccccc2[nH]1)C(=O)c1ccc(NC(=O)c2cc(Cl)cc(Cl)c2)cc1. The zero-order valence-electron chi connectivity index (χ0n) is 16.5. The van der Waals surface area contributed by atoms with Crippen LogP contribution >= 0.6 is 23.2 Å². The maximum atomic E-state index is 12.8. The zero-order chi connectivity index (χ0) is 22.0. The molecule has 0 aliphatic rings. The molecule has 8 heteroatoms. The molecule has 0 aliphatic heterocycles. The van der Waals surface area contributed by atoms with Crippen molar-refractivity contribution in [2.45, 2.75) is 6.54 Å². The molecule has 0 spiro atoms. The Hall–Kier alpha value is -3.35. The van der Waals surface area contributed by atoms with E-state index < -0.39 is 0 Å². The van der Waals surface area contributed by atoms with E-state index in [1.807, 2.05) is 24.3 Å².